The third kappa shape index (κ3) is 3.54. The minimum absolute atomic E-state index is 0.0349. The number of carbonyl (C=O) groups is 1. The minimum atomic E-state index is -0.0349. The quantitative estimate of drug-likeness (QED) is 0.510. The zero-order valence-electron chi connectivity index (χ0n) is 14.7. The van der Waals surface area contributed by atoms with E-state index in [0.717, 1.165) is 32.0 Å². The fourth-order valence-electron chi connectivity index (χ4n) is 2.82. The third-order valence-electron chi connectivity index (χ3n) is 4.66. The van der Waals surface area contributed by atoms with Gasteiger partial charge in [0.05, 0.1) is 5.69 Å². The van der Waals surface area contributed by atoms with Crippen LogP contribution < -0.4 is 0 Å². The third-order valence-corrected chi connectivity index (χ3v) is 5.60. The van der Waals surface area contributed by atoms with Gasteiger partial charge in [-0.25, -0.2) is 4.98 Å². The monoisotopic (exact) mass is 441 g/mol. The van der Waals surface area contributed by atoms with Gasteiger partial charge in [-0.2, -0.15) is 0 Å². The smallest absolute Gasteiger partial charge is 0.272 e. The molecule has 1 heterocycles. The zero-order chi connectivity index (χ0) is 18.0. The lowest BCUT2D eigenvalue weighted by Gasteiger charge is -2.24. The molecule has 0 aliphatic rings. The van der Waals surface area contributed by atoms with Gasteiger partial charge in [0.1, 0.15) is 5.69 Å². The Balaban J connectivity index is 2.20. The topological polar surface area (TPSA) is 33.2 Å². The molecule has 0 bridgehead atoms. The van der Waals surface area contributed by atoms with E-state index in [2.05, 4.69) is 54.6 Å². The van der Waals surface area contributed by atoms with Crippen molar-refractivity contribution in [3.8, 4) is 11.3 Å². The number of pyridine rings is 1. The van der Waals surface area contributed by atoms with Crippen LogP contribution in [0.1, 0.15) is 30.8 Å². The molecular weight excluding hydrogens is 420 g/mol. The van der Waals surface area contributed by atoms with Gasteiger partial charge in [-0.05, 0) is 53.5 Å². The van der Waals surface area contributed by atoms with Gasteiger partial charge in [0.2, 0.25) is 0 Å². The Kier molecular flexibility index (Phi) is 5.37. The molecule has 2 aromatic carbocycles. The highest BCUT2D eigenvalue weighted by atomic mass is 124. The SMILES string of the molecule is CCC(C)N(C)C(=O)c1cc2ccccc2c(-c2ccccc2[124I])n1. The van der Waals surface area contributed by atoms with E-state index in [0.29, 0.717) is 5.69 Å². The van der Waals surface area contributed by atoms with Crippen LogP contribution in [0.15, 0.2) is 54.6 Å². The Morgan fingerprint density at radius 1 is 1.16 bits per heavy atom. The first-order chi connectivity index (χ1) is 12.0. The van der Waals surface area contributed by atoms with Crippen LogP contribution in [0, 0.1) is 3.57 Å². The highest BCUT2D eigenvalue weighted by Crippen LogP contribution is 2.31. The maximum absolute atomic E-state index is 12.9. The van der Waals surface area contributed by atoms with Crippen LogP contribution >= 0.6 is 22.6 Å². The Labute approximate surface area is 162 Å². The zero-order valence-corrected chi connectivity index (χ0v) is 16.8. The number of amides is 1. The average molecular weight is 441 g/mol. The number of carbonyl (C=O) groups excluding carboxylic acids is 1. The maximum Gasteiger partial charge on any atom is 0.272 e. The van der Waals surface area contributed by atoms with Crippen molar-refractivity contribution in [1.29, 1.82) is 0 Å². The van der Waals surface area contributed by atoms with Crippen molar-refractivity contribution in [2.45, 2.75) is 26.3 Å². The molecule has 1 unspecified atom stereocenters. The summed E-state index contributed by atoms with van der Waals surface area (Å²) in [7, 11) is 1.85. The average Bonchev–Trinajstić information content (AvgIpc) is 2.65. The van der Waals surface area contributed by atoms with E-state index in [1.165, 1.54) is 0 Å². The van der Waals surface area contributed by atoms with E-state index in [1.54, 1.807) is 4.90 Å². The summed E-state index contributed by atoms with van der Waals surface area (Å²) in [6.45, 7) is 4.14. The molecule has 1 amide bonds. The van der Waals surface area contributed by atoms with Gasteiger partial charge in [-0.15, -0.1) is 0 Å². The van der Waals surface area contributed by atoms with E-state index in [-0.39, 0.29) is 11.9 Å². The van der Waals surface area contributed by atoms with Crippen LogP contribution in [0.25, 0.3) is 22.0 Å². The predicted octanol–water partition coefficient (Wildman–Crippen LogP) is 5.38. The maximum atomic E-state index is 12.9. The summed E-state index contributed by atoms with van der Waals surface area (Å²) in [4.78, 5) is 19.5. The number of fused-ring (bicyclic) bond motifs is 1. The molecule has 0 fully saturated rings. The van der Waals surface area contributed by atoms with Gasteiger partial charge in [0.25, 0.3) is 5.91 Å². The molecule has 0 N–H and O–H groups in total. The van der Waals surface area contributed by atoms with Crippen molar-refractivity contribution in [2.24, 2.45) is 0 Å². The molecule has 0 saturated heterocycles. The molecular formula is C21H21IN2O. The van der Waals surface area contributed by atoms with Crippen LogP contribution in [0.2, 0.25) is 0 Å². The van der Waals surface area contributed by atoms with Crippen LogP contribution in [0.5, 0.6) is 0 Å². The number of halogens is 1. The lowest BCUT2D eigenvalue weighted by atomic mass is 10.0. The van der Waals surface area contributed by atoms with Crippen LogP contribution in [-0.4, -0.2) is 28.9 Å². The van der Waals surface area contributed by atoms with Crippen LogP contribution in [-0.2, 0) is 0 Å². The van der Waals surface area contributed by atoms with Gasteiger partial charge in [-0.3, -0.25) is 4.79 Å². The Morgan fingerprint density at radius 2 is 1.84 bits per heavy atom. The van der Waals surface area contributed by atoms with Crippen molar-refractivity contribution in [3.05, 3.63) is 63.9 Å². The molecule has 3 aromatic rings. The van der Waals surface area contributed by atoms with Crippen LogP contribution in [0.4, 0.5) is 0 Å². The second kappa shape index (κ2) is 7.52. The number of hydrogen-bond donors (Lipinski definition) is 0. The molecule has 128 valence electrons. The molecule has 3 nitrogen and oxygen atoms in total. The second-order valence-corrected chi connectivity index (χ2v) is 7.39. The molecule has 0 saturated carbocycles. The molecule has 0 spiro atoms. The van der Waals surface area contributed by atoms with Gasteiger partial charge in [0.15, 0.2) is 0 Å². The first-order valence-corrected chi connectivity index (χ1v) is 9.52. The van der Waals surface area contributed by atoms with Crippen molar-refractivity contribution in [1.82, 2.24) is 9.88 Å². The van der Waals surface area contributed by atoms with Gasteiger partial charge in [0, 0.05) is 27.6 Å². The van der Waals surface area contributed by atoms with Crippen molar-refractivity contribution < 1.29 is 4.79 Å². The van der Waals surface area contributed by atoms with Gasteiger partial charge < -0.3 is 4.90 Å². The first-order valence-electron chi connectivity index (χ1n) is 8.44. The van der Waals surface area contributed by atoms with Gasteiger partial charge in [-0.1, -0.05) is 49.4 Å². The normalized spacial score (nSPS) is 12.2. The minimum Gasteiger partial charge on any atom is -0.338 e. The molecule has 25 heavy (non-hydrogen) atoms. The predicted molar refractivity (Wildman–Crippen MR) is 112 cm³/mol. The number of nitrogens with zero attached hydrogens (tertiary/aromatic N) is 2. The Bertz CT molecular complexity index is 923. The van der Waals surface area contributed by atoms with E-state index >= 15 is 0 Å². The summed E-state index contributed by atoms with van der Waals surface area (Å²) in [6.07, 6.45) is 0.916. The van der Waals surface area contributed by atoms with E-state index in [4.69, 9.17) is 4.98 Å². The summed E-state index contributed by atoms with van der Waals surface area (Å²) in [6, 6.07) is 18.3. The fraction of sp³-hybridized carbons (Fsp3) is 0.238. The molecule has 1 aromatic heterocycles. The highest BCUT2D eigenvalue weighted by Gasteiger charge is 2.20. The standard InChI is InChI=1S/C21H21IN2O/c1-4-14(2)24(3)21(25)19-13-15-9-5-6-10-16(15)20(23-19)17-11-7-8-12-18(17)22/h5-14H,4H2,1-3H3/i22-3. The molecule has 0 aliphatic heterocycles. The molecule has 4 heteroatoms. The lowest BCUT2D eigenvalue weighted by molar-refractivity contribution is 0.0735. The Hall–Kier alpha value is -1.95. The van der Waals surface area contributed by atoms with Crippen molar-refractivity contribution in [2.75, 3.05) is 7.05 Å². The molecule has 3 rings (SSSR count). The van der Waals surface area contributed by atoms with E-state index in [9.17, 15) is 4.79 Å². The molecule has 0 aliphatic carbocycles. The first kappa shape index (κ1) is 17.9. The fourth-order valence-corrected chi connectivity index (χ4v) is 3.46. The van der Waals surface area contributed by atoms with Crippen molar-refractivity contribution >= 4 is 39.3 Å². The number of rotatable bonds is 4. The summed E-state index contributed by atoms with van der Waals surface area (Å²) >= 11 is 2.32. The summed E-state index contributed by atoms with van der Waals surface area (Å²) < 4.78 is 1.12. The summed E-state index contributed by atoms with van der Waals surface area (Å²) in [5.41, 5.74) is 2.42. The summed E-state index contributed by atoms with van der Waals surface area (Å²) in [5.74, 6) is -0.0349. The molecule has 0 radical (unpaired) electrons. The second-order valence-electron chi connectivity index (χ2n) is 6.23. The lowest BCUT2D eigenvalue weighted by Crippen LogP contribution is -2.35. The number of benzene rings is 2. The molecule has 1 atom stereocenters. The van der Waals surface area contributed by atoms with Crippen LogP contribution in [0.3, 0.4) is 0 Å². The van der Waals surface area contributed by atoms with Gasteiger partial charge >= 0.3 is 0 Å². The largest absolute Gasteiger partial charge is 0.338 e. The number of hydrogen-bond acceptors (Lipinski definition) is 2. The van der Waals surface area contributed by atoms with Crippen molar-refractivity contribution in [3.63, 3.8) is 0 Å². The van der Waals surface area contributed by atoms with E-state index in [1.807, 2.05) is 43.4 Å². The summed E-state index contributed by atoms with van der Waals surface area (Å²) in [5, 5.41) is 2.10. The Morgan fingerprint density at radius 3 is 2.56 bits per heavy atom. The number of aromatic nitrogens is 1. The highest BCUT2D eigenvalue weighted by molar-refractivity contribution is 14.1. The van der Waals surface area contributed by atoms with E-state index < -0.39 is 0 Å².